The zero-order valence-corrected chi connectivity index (χ0v) is 13.9. The fourth-order valence-corrected chi connectivity index (χ4v) is 4.09. The molecule has 0 amide bonds. The third-order valence-electron chi connectivity index (χ3n) is 5.34. The molecule has 1 N–H and O–H groups in total. The van der Waals surface area contributed by atoms with E-state index in [4.69, 9.17) is 0 Å². The Morgan fingerprint density at radius 2 is 1.86 bits per heavy atom. The zero-order chi connectivity index (χ0) is 15.5. The highest BCUT2D eigenvalue weighted by atomic mass is 19.1. The van der Waals surface area contributed by atoms with Gasteiger partial charge in [-0.1, -0.05) is 19.9 Å². The van der Waals surface area contributed by atoms with Crippen molar-refractivity contribution in [3.05, 3.63) is 35.1 Å². The Hall–Kier alpha value is -0.930. The van der Waals surface area contributed by atoms with E-state index in [0.717, 1.165) is 31.5 Å². The van der Waals surface area contributed by atoms with E-state index in [2.05, 4.69) is 31.0 Å². The van der Waals surface area contributed by atoms with Crippen molar-refractivity contribution < 1.29 is 4.39 Å². The van der Waals surface area contributed by atoms with E-state index in [9.17, 15) is 4.39 Å². The van der Waals surface area contributed by atoms with Crippen LogP contribution in [0, 0.1) is 12.7 Å². The quantitative estimate of drug-likeness (QED) is 0.851. The van der Waals surface area contributed by atoms with Gasteiger partial charge in [0.15, 0.2) is 0 Å². The summed E-state index contributed by atoms with van der Waals surface area (Å²) in [6.45, 7) is 8.93. The maximum atomic E-state index is 13.8. The molecule has 0 bridgehead atoms. The number of aryl methyl sites for hydroxylation is 1. The summed E-state index contributed by atoms with van der Waals surface area (Å²) in [6, 6.07) is 5.34. The number of likely N-dealkylation sites (tertiary alicyclic amines) is 1. The van der Waals surface area contributed by atoms with Crippen molar-refractivity contribution in [3.8, 4) is 0 Å². The van der Waals surface area contributed by atoms with Crippen LogP contribution >= 0.6 is 0 Å². The van der Waals surface area contributed by atoms with Crippen molar-refractivity contribution in [2.24, 2.45) is 0 Å². The number of benzene rings is 1. The van der Waals surface area contributed by atoms with Crippen molar-refractivity contribution in [3.63, 3.8) is 0 Å². The Morgan fingerprint density at radius 3 is 2.38 bits per heavy atom. The fourth-order valence-electron chi connectivity index (χ4n) is 4.09. The van der Waals surface area contributed by atoms with Crippen LogP contribution in [0.2, 0.25) is 0 Å². The van der Waals surface area contributed by atoms with Crippen LogP contribution in [0.25, 0.3) is 0 Å². The minimum atomic E-state index is -0.140. The monoisotopic (exact) mass is 292 g/mol. The highest BCUT2D eigenvalue weighted by molar-refractivity contribution is 5.32. The molecule has 118 valence electrons. The Morgan fingerprint density at radius 1 is 1.24 bits per heavy atom. The summed E-state index contributed by atoms with van der Waals surface area (Å²) in [5.74, 6) is -0.140. The summed E-state index contributed by atoms with van der Waals surface area (Å²) in [5.41, 5.74) is 2.35. The summed E-state index contributed by atoms with van der Waals surface area (Å²) in [7, 11) is 2.01. The van der Waals surface area contributed by atoms with Crippen molar-refractivity contribution in [2.75, 3.05) is 20.1 Å². The lowest BCUT2D eigenvalue weighted by Crippen LogP contribution is -2.54. The van der Waals surface area contributed by atoms with E-state index in [1.165, 1.54) is 18.4 Å². The van der Waals surface area contributed by atoms with Crippen LogP contribution in [0.3, 0.4) is 0 Å². The third kappa shape index (κ3) is 3.00. The Bertz CT molecular complexity index is 462. The molecule has 3 heteroatoms. The lowest BCUT2D eigenvalue weighted by atomic mass is 9.78. The standard InChI is InChI=1S/C18H29FN2/c1-5-18(6-2,21-11-7-8-12-21)17(20-4)16-13-15(19)10-9-14(16)3/h9-10,13,17,20H,5-8,11-12H2,1-4H3. The largest absolute Gasteiger partial charge is 0.311 e. The summed E-state index contributed by atoms with van der Waals surface area (Å²) < 4.78 is 13.8. The van der Waals surface area contributed by atoms with Crippen molar-refractivity contribution in [1.82, 2.24) is 10.2 Å². The number of hydrogen-bond acceptors (Lipinski definition) is 2. The number of nitrogens with zero attached hydrogens (tertiary/aromatic N) is 1. The maximum Gasteiger partial charge on any atom is 0.123 e. The lowest BCUT2D eigenvalue weighted by Gasteiger charge is -2.47. The smallest absolute Gasteiger partial charge is 0.123 e. The molecule has 2 rings (SSSR count). The molecular formula is C18H29FN2. The van der Waals surface area contributed by atoms with Gasteiger partial charge in [-0.3, -0.25) is 4.90 Å². The van der Waals surface area contributed by atoms with Gasteiger partial charge in [0.2, 0.25) is 0 Å². The highest BCUT2D eigenvalue weighted by Crippen LogP contribution is 2.40. The predicted octanol–water partition coefficient (Wildman–Crippen LogP) is 4.05. The molecule has 1 heterocycles. The van der Waals surface area contributed by atoms with Crippen molar-refractivity contribution >= 4 is 0 Å². The predicted molar refractivity (Wildman–Crippen MR) is 87.1 cm³/mol. The second-order valence-electron chi connectivity index (χ2n) is 6.23. The van der Waals surface area contributed by atoms with Gasteiger partial charge >= 0.3 is 0 Å². The van der Waals surface area contributed by atoms with Gasteiger partial charge in [-0.25, -0.2) is 4.39 Å². The van der Waals surface area contributed by atoms with E-state index < -0.39 is 0 Å². The molecule has 0 saturated carbocycles. The molecule has 1 unspecified atom stereocenters. The van der Waals surface area contributed by atoms with Crippen LogP contribution in [0.1, 0.15) is 56.7 Å². The van der Waals surface area contributed by atoms with Crippen LogP contribution in [-0.4, -0.2) is 30.6 Å². The summed E-state index contributed by atoms with van der Waals surface area (Å²) in [4.78, 5) is 2.62. The van der Waals surface area contributed by atoms with Gasteiger partial charge < -0.3 is 5.32 Å². The number of nitrogens with one attached hydrogen (secondary N) is 1. The first-order valence-corrected chi connectivity index (χ1v) is 8.27. The topological polar surface area (TPSA) is 15.3 Å². The molecule has 0 spiro atoms. The SMILES string of the molecule is CCC(CC)(C(NC)c1cc(F)ccc1C)N1CCCC1. The molecule has 1 aromatic rings. The molecule has 0 radical (unpaired) electrons. The van der Waals surface area contributed by atoms with Gasteiger partial charge in [-0.05, 0) is 76.0 Å². The summed E-state index contributed by atoms with van der Waals surface area (Å²) in [6.07, 6.45) is 4.70. The van der Waals surface area contributed by atoms with Gasteiger partial charge in [-0.15, -0.1) is 0 Å². The van der Waals surface area contributed by atoms with Crippen LogP contribution < -0.4 is 5.32 Å². The number of hydrogen-bond donors (Lipinski definition) is 1. The average molecular weight is 292 g/mol. The second-order valence-corrected chi connectivity index (χ2v) is 6.23. The Labute approximate surface area is 128 Å². The van der Waals surface area contributed by atoms with Crippen LogP contribution in [0.4, 0.5) is 4.39 Å². The van der Waals surface area contributed by atoms with E-state index in [0.29, 0.717) is 0 Å². The lowest BCUT2D eigenvalue weighted by molar-refractivity contribution is 0.0643. The molecule has 1 saturated heterocycles. The fraction of sp³-hybridized carbons (Fsp3) is 0.667. The second kappa shape index (κ2) is 6.89. The summed E-state index contributed by atoms with van der Waals surface area (Å²) in [5, 5.41) is 3.50. The first-order valence-electron chi connectivity index (χ1n) is 8.27. The van der Waals surface area contributed by atoms with E-state index in [1.807, 2.05) is 13.1 Å². The number of halogens is 1. The van der Waals surface area contributed by atoms with Gasteiger partial charge in [-0.2, -0.15) is 0 Å². The molecular weight excluding hydrogens is 263 g/mol. The van der Waals surface area contributed by atoms with Crippen LogP contribution in [0.5, 0.6) is 0 Å². The molecule has 0 aromatic heterocycles. The van der Waals surface area contributed by atoms with Crippen LogP contribution in [-0.2, 0) is 0 Å². The minimum Gasteiger partial charge on any atom is -0.311 e. The zero-order valence-electron chi connectivity index (χ0n) is 13.9. The molecule has 1 aliphatic rings. The molecule has 1 aromatic carbocycles. The van der Waals surface area contributed by atoms with Crippen molar-refractivity contribution in [1.29, 1.82) is 0 Å². The Kier molecular flexibility index (Phi) is 5.39. The summed E-state index contributed by atoms with van der Waals surface area (Å²) >= 11 is 0. The molecule has 1 aliphatic heterocycles. The van der Waals surface area contributed by atoms with Gasteiger partial charge in [0.25, 0.3) is 0 Å². The molecule has 2 nitrogen and oxygen atoms in total. The molecule has 1 atom stereocenters. The van der Waals surface area contributed by atoms with Gasteiger partial charge in [0.1, 0.15) is 5.82 Å². The Balaban J connectivity index is 2.46. The molecule has 1 fully saturated rings. The molecule has 21 heavy (non-hydrogen) atoms. The normalized spacial score (nSPS) is 18.1. The van der Waals surface area contributed by atoms with Crippen molar-refractivity contribution in [2.45, 2.75) is 58.0 Å². The maximum absolute atomic E-state index is 13.8. The number of likely N-dealkylation sites (N-methyl/N-ethyl adjacent to an activating group) is 1. The van der Waals surface area contributed by atoms with E-state index in [1.54, 1.807) is 12.1 Å². The molecule has 0 aliphatic carbocycles. The third-order valence-corrected chi connectivity index (χ3v) is 5.34. The highest BCUT2D eigenvalue weighted by Gasteiger charge is 2.42. The first kappa shape index (κ1) is 16.4. The van der Waals surface area contributed by atoms with Gasteiger partial charge in [0.05, 0.1) is 6.04 Å². The van der Waals surface area contributed by atoms with Crippen LogP contribution in [0.15, 0.2) is 18.2 Å². The van der Waals surface area contributed by atoms with E-state index in [-0.39, 0.29) is 17.4 Å². The number of rotatable bonds is 6. The first-order chi connectivity index (χ1) is 10.1. The minimum absolute atomic E-state index is 0.0732. The average Bonchev–Trinajstić information content (AvgIpc) is 3.02. The van der Waals surface area contributed by atoms with E-state index >= 15 is 0 Å². The van der Waals surface area contributed by atoms with Gasteiger partial charge in [0, 0.05) is 5.54 Å².